The molecule has 2 atom stereocenters. The second-order valence-corrected chi connectivity index (χ2v) is 8.89. The topological polar surface area (TPSA) is 52.7 Å². The number of hydrogen-bond donors (Lipinski definition) is 1. The van der Waals surface area contributed by atoms with Gasteiger partial charge in [0.1, 0.15) is 6.04 Å². The minimum Gasteiger partial charge on any atom is -0.354 e. The molecule has 2 aliphatic rings. The Kier molecular flexibility index (Phi) is 4.59. The Morgan fingerprint density at radius 1 is 1.52 bits per heavy atom. The zero-order chi connectivity index (χ0) is 15.8. The first-order valence-corrected chi connectivity index (χ1v) is 8.52. The molecule has 0 spiro atoms. The fourth-order valence-corrected chi connectivity index (χ4v) is 4.80. The lowest BCUT2D eigenvalue weighted by Crippen LogP contribution is -2.52. The van der Waals surface area contributed by atoms with Gasteiger partial charge in [0.05, 0.1) is 4.87 Å². The van der Waals surface area contributed by atoms with Crippen LogP contribution < -0.4 is 5.32 Å². The highest BCUT2D eigenvalue weighted by Gasteiger charge is 2.52. The van der Waals surface area contributed by atoms with Crippen LogP contribution in [-0.2, 0) is 9.59 Å². The van der Waals surface area contributed by atoms with Gasteiger partial charge < -0.3 is 15.1 Å². The summed E-state index contributed by atoms with van der Waals surface area (Å²) in [7, 11) is 4.07. The molecule has 21 heavy (non-hydrogen) atoms. The molecular formula is C15H27N3O2S. The highest BCUT2D eigenvalue weighted by molar-refractivity contribution is 8.01. The predicted octanol–water partition coefficient (Wildman–Crippen LogP) is 1.14. The van der Waals surface area contributed by atoms with Crippen molar-refractivity contribution in [2.45, 2.75) is 44.5 Å². The number of fused-ring (bicyclic) bond motifs is 1. The molecule has 0 aromatic heterocycles. The second-order valence-electron chi connectivity index (χ2n) is 7.39. The predicted molar refractivity (Wildman–Crippen MR) is 86.1 cm³/mol. The Morgan fingerprint density at radius 2 is 2.19 bits per heavy atom. The summed E-state index contributed by atoms with van der Waals surface area (Å²) in [6.07, 6.45) is 1.42. The third-order valence-electron chi connectivity index (χ3n) is 4.23. The lowest BCUT2D eigenvalue weighted by molar-refractivity contribution is -0.138. The van der Waals surface area contributed by atoms with E-state index in [2.05, 4.69) is 31.0 Å². The maximum absolute atomic E-state index is 12.5. The summed E-state index contributed by atoms with van der Waals surface area (Å²) in [5.41, 5.74) is 0.0171. The molecule has 0 radical (unpaired) electrons. The van der Waals surface area contributed by atoms with Gasteiger partial charge in [0.25, 0.3) is 0 Å². The van der Waals surface area contributed by atoms with Crippen molar-refractivity contribution >= 4 is 23.6 Å². The third kappa shape index (κ3) is 3.54. The van der Waals surface area contributed by atoms with Crippen molar-refractivity contribution in [3.8, 4) is 0 Å². The highest BCUT2D eigenvalue weighted by atomic mass is 32.2. The summed E-state index contributed by atoms with van der Waals surface area (Å²) in [5.74, 6) is 0.825. The first-order valence-electron chi connectivity index (χ1n) is 7.53. The van der Waals surface area contributed by atoms with Gasteiger partial charge in [-0.1, -0.05) is 13.8 Å². The summed E-state index contributed by atoms with van der Waals surface area (Å²) < 4.78 is 0. The number of nitrogens with zero attached hydrogens (tertiary/aromatic N) is 2. The van der Waals surface area contributed by atoms with Gasteiger partial charge in [0.15, 0.2) is 0 Å². The van der Waals surface area contributed by atoms with E-state index >= 15 is 0 Å². The van der Waals surface area contributed by atoms with E-state index in [-0.39, 0.29) is 28.1 Å². The molecule has 5 nitrogen and oxygen atoms in total. The van der Waals surface area contributed by atoms with Gasteiger partial charge in [0.2, 0.25) is 11.8 Å². The molecule has 2 fully saturated rings. The fraction of sp³-hybridized carbons (Fsp3) is 0.867. The van der Waals surface area contributed by atoms with Crippen LogP contribution in [-0.4, -0.2) is 65.5 Å². The van der Waals surface area contributed by atoms with Gasteiger partial charge in [-0.25, -0.2) is 0 Å². The number of amides is 2. The molecule has 120 valence electrons. The van der Waals surface area contributed by atoms with Crippen LogP contribution in [0, 0.1) is 5.41 Å². The highest BCUT2D eigenvalue weighted by Crippen LogP contribution is 2.47. The van der Waals surface area contributed by atoms with Crippen LogP contribution >= 0.6 is 11.8 Å². The molecule has 0 aromatic rings. The Balaban J connectivity index is 1.94. The molecule has 6 heteroatoms. The molecule has 0 saturated carbocycles. The van der Waals surface area contributed by atoms with E-state index < -0.39 is 0 Å². The summed E-state index contributed by atoms with van der Waals surface area (Å²) in [6, 6.07) is -0.301. The quantitative estimate of drug-likeness (QED) is 0.827. The van der Waals surface area contributed by atoms with Gasteiger partial charge in [-0.3, -0.25) is 9.59 Å². The Bertz CT molecular complexity index is 439. The molecule has 2 amide bonds. The van der Waals surface area contributed by atoms with E-state index in [0.717, 1.165) is 13.0 Å². The van der Waals surface area contributed by atoms with E-state index in [9.17, 15) is 9.59 Å². The minimum atomic E-state index is -0.301. The largest absolute Gasteiger partial charge is 0.354 e. The zero-order valence-corrected chi connectivity index (χ0v) is 14.5. The van der Waals surface area contributed by atoms with Crippen molar-refractivity contribution in [3.05, 3.63) is 0 Å². The van der Waals surface area contributed by atoms with Crippen LogP contribution in [0.2, 0.25) is 0 Å². The minimum absolute atomic E-state index is 0.00620. The molecule has 0 aromatic carbocycles. The monoisotopic (exact) mass is 313 g/mol. The normalized spacial score (nSPS) is 29.1. The van der Waals surface area contributed by atoms with Crippen LogP contribution in [0.1, 0.15) is 33.6 Å². The SMILES string of the molecule is CN(C)CC(C)(C)CNC(=O)C1CSC2(C)CCC(=O)N12. The second kappa shape index (κ2) is 5.80. The van der Waals surface area contributed by atoms with E-state index in [4.69, 9.17) is 0 Å². The lowest BCUT2D eigenvalue weighted by atomic mass is 9.93. The number of hydrogen-bond acceptors (Lipinski definition) is 4. The maximum atomic E-state index is 12.5. The molecule has 2 unspecified atom stereocenters. The third-order valence-corrected chi connectivity index (χ3v) is 5.74. The van der Waals surface area contributed by atoms with E-state index in [1.807, 2.05) is 19.0 Å². The summed E-state index contributed by atoms with van der Waals surface area (Å²) >= 11 is 1.74. The van der Waals surface area contributed by atoms with Crippen molar-refractivity contribution < 1.29 is 9.59 Å². The van der Waals surface area contributed by atoms with E-state index in [1.165, 1.54) is 0 Å². The molecule has 0 aliphatic carbocycles. The van der Waals surface area contributed by atoms with Crippen LogP contribution in [0.3, 0.4) is 0 Å². The Morgan fingerprint density at radius 3 is 2.81 bits per heavy atom. The lowest BCUT2D eigenvalue weighted by Gasteiger charge is -2.32. The van der Waals surface area contributed by atoms with Crippen molar-refractivity contribution in [2.75, 3.05) is 32.9 Å². The van der Waals surface area contributed by atoms with Gasteiger partial charge in [-0.15, -0.1) is 11.8 Å². The Labute approximate surface area is 131 Å². The van der Waals surface area contributed by atoms with Gasteiger partial charge >= 0.3 is 0 Å². The first-order chi connectivity index (χ1) is 9.65. The van der Waals surface area contributed by atoms with Crippen LogP contribution in [0.5, 0.6) is 0 Å². The molecule has 2 aliphatic heterocycles. The van der Waals surface area contributed by atoms with Crippen LogP contribution in [0.4, 0.5) is 0 Å². The van der Waals surface area contributed by atoms with Gasteiger partial charge in [-0.2, -0.15) is 0 Å². The van der Waals surface area contributed by atoms with Crippen LogP contribution in [0.15, 0.2) is 0 Å². The fourth-order valence-electron chi connectivity index (χ4n) is 3.37. The van der Waals surface area contributed by atoms with E-state index in [1.54, 1.807) is 11.8 Å². The summed E-state index contributed by atoms with van der Waals surface area (Å²) in [5, 5.41) is 3.05. The summed E-state index contributed by atoms with van der Waals surface area (Å²) in [6.45, 7) is 7.90. The standard InChI is InChI=1S/C15H27N3O2S/c1-14(2,10-17(4)5)9-16-13(20)11-8-21-15(3)7-6-12(19)18(11)15/h11H,6-10H2,1-5H3,(H,16,20). The molecule has 0 bridgehead atoms. The average molecular weight is 313 g/mol. The Hall–Kier alpha value is -0.750. The number of carbonyl (C=O) groups is 2. The zero-order valence-electron chi connectivity index (χ0n) is 13.7. The first kappa shape index (κ1) is 16.6. The van der Waals surface area contributed by atoms with Gasteiger partial charge in [-0.05, 0) is 32.9 Å². The van der Waals surface area contributed by atoms with Crippen LogP contribution in [0.25, 0.3) is 0 Å². The number of rotatable bonds is 5. The molecular weight excluding hydrogens is 286 g/mol. The van der Waals surface area contributed by atoms with E-state index in [0.29, 0.717) is 18.7 Å². The van der Waals surface area contributed by atoms with Crippen molar-refractivity contribution in [2.24, 2.45) is 5.41 Å². The van der Waals surface area contributed by atoms with Gasteiger partial charge in [0, 0.05) is 25.3 Å². The number of thioether (sulfide) groups is 1. The number of nitrogens with one attached hydrogen (secondary N) is 1. The molecule has 2 heterocycles. The van der Waals surface area contributed by atoms with Crippen molar-refractivity contribution in [1.82, 2.24) is 15.1 Å². The molecule has 2 saturated heterocycles. The van der Waals surface area contributed by atoms with Crippen molar-refractivity contribution in [3.63, 3.8) is 0 Å². The number of carbonyl (C=O) groups excluding carboxylic acids is 2. The smallest absolute Gasteiger partial charge is 0.243 e. The maximum Gasteiger partial charge on any atom is 0.243 e. The summed E-state index contributed by atoms with van der Waals surface area (Å²) in [4.78, 5) is 28.3. The van der Waals surface area contributed by atoms with Crippen molar-refractivity contribution in [1.29, 1.82) is 0 Å². The molecule has 2 rings (SSSR count). The average Bonchev–Trinajstić information content (AvgIpc) is 2.83. The molecule has 1 N–H and O–H groups in total.